The van der Waals surface area contributed by atoms with E-state index in [0.29, 0.717) is 12.0 Å². The molecule has 98 valence electrons. The van der Waals surface area contributed by atoms with Crippen LogP contribution in [-0.4, -0.2) is 11.9 Å². The lowest BCUT2D eigenvalue weighted by molar-refractivity contribution is 0.269. The SMILES string of the molecule is CC1CC(C)CC(N=C(N)C2CCCCC2)C1. The van der Waals surface area contributed by atoms with Gasteiger partial charge >= 0.3 is 0 Å². The van der Waals surface area contributed by atoms with Gasteiger partial charge in [-0.1, -0.05) is 33.1 Å². The van der Waals surface area contributed by atoms with Crippen LogP contribution in [0.5, 0.6) is 0 Å². The topological polar surface area (TPSA) is 38.4 Å². The molecular formula is C15H28N2. The number of hydrogen-bond acceptors (Lipinski definition) is 1. The first kappa shape index (κ1) is 12.9. The van der Waals surface area contributed by atoms with Crippen LogP contribution in [0.25, 0.3) is 0 Å². The monoisotopic (exact) mass is 236 g/mol. The van der Waals surface area contributed by atoms with Gasteiger partial charge in [-0.25, -0.2) is 0 Å². The molecule has 2 fully saturated rings. The lowest BCUT2D eigenvalue weighted by Gasteiger charge is -2.30. The van der Waals surface area contributed by atoms with Crippen LogP contribution in [0, 0.1) is 17.8 Å². The molecule has 0 aromatic heterocycles. The molecule has 2 nitrogen and oxygen atoms in total. The zero-order valence-corrected chi connectivity index (χ0v) is 11.5. The molecule has 17 heavy (non-hydrogen) atoms. The summed E-state index contributed by atoms with van der Waals surface area (Å²) in [5.41, 5.74) is 6.22. The minimum atomic E-state index is 0.510. The highest BCUT2D eigenvalue weighted by Gasteiger charge is 2.25. The number of rotatable bonds is 2. The van der Waals surface area contributed by atoms with E-state index in [4.69, 9.17) is 10.7 Å². The highest BCUT2D eigenvalue weighted by atomic mass is 14.9. The van der Waals surface area contributed by atoms with Gasteiger partial charge in [0.1, 0.15) is 0 Å². The molecule has 2 rings (SSSR count). The summed E-state index contributed by atoms with van der Waals surface area (Å²) in [6.45, 7) is 4.71. The van der Waals surface area contributed by atoms with Gasteiger partial charge < -0.3 is 5.73 Å². The molecule has 2 N–H and O–H groups in total. The van der Waals surface area contributed by atoms with Crippen LogP contribution in [0.2, 0.25) is 0 Å². The number of aliphatic imine (C=N–C) groups is 1. The van der Waals surface area contributed by atoms with Crippen LogP contribution in [0.15, 0.2) is 4.99 Å². The summed E-state index contributed by atoms with van der Waals surface area (Å²) in [4.78, 5) is 4.85. The summed E-state index contributed by atoms with van der Waals surface area (Å²) in [5.74, 6) is 3.21. The Morgan fingerprint density at radius 3 is 2.12 bits per heavy atom. The van der Waals surface area contributed by atoms with Crippen molar-refractivity contribution in [2.24, 2.45) is 28.5 Å². The van der Waals surface area contributed by atoms with E-state index in [1.807, 2.05) is 0 Å². The third kappa shape index (κ3) is 3.72. The molecule has 0 saturated heterocycles. The van der Waals surface area contributed by atoms with Crippen molar-refractivity contribution in [3.8, 4) is 0 Å². The van der Waals surface area contributed by atoms with Crippen LogP contribution in [-0.2, 0) is 0 Å². The van der Waals surface area contributed by atoms with E-state index in [1.165, 1.54) is 51.4 Å². The average Bonchev–Trinajstić information content (AvgIpc) is 2.28. The Hall–Kier alpha value is -0.530. The van der Waals surface area contributed by atoms with Gasteiger partial charge in [-0.15, -0.1) is 0 Å². The molecule has 0 aliphatic heterocycles. The largest absolute Gasteiger partial charge is 0.387 e. The predicted octanol–water partition coefficient (Wildman–Crippen LogP) is 3.75. The van der Waals surface area contributed by atoms with E-state index in [9.17, 15) is 0 Å². The third-order valence-corrected chi connectivity index (χ3v) is 4.51. The second-order valence-electron chi connectivity index (χ2n) is 6.46. The molecule has 0 aromatic rings. The fraction of sp³-hybridized carbons (Fsp3) is 0.933. The fourth-order valence-electron chi connectivity index (χ4n) is 3.72. The van der Waals surface area contributed by atoms with Crippen molar-refractivity contribution < 1.29 is 0 Å². The van der Waals surface area contributed by atoms with Gasteiger partial charge in [0.2, 0.25) is 0 Å². The highest BCUT2D eigenvalue weighted by Crippen LogP contribution is 2.31. The van der Waals surface area contributed by atoms with E-state index in [2.05, 4.69) is 13.8 Å². The zero-order chi connectivity index (χ0) is 12.3. The van der Waals surface area contributed by atoms with Gasteiger partial charge in [0.15, 0.2) is 0 Å². The van der Waals surface area contributed by atoms with Gasteiger partial charge in [-0.05, 0) is 43.9 Å². The fourth-order valence-corrected chi connectivity index (χ4v) is 3.72. The summed E-state index contributed by atoms with van der Waals surface area (Å²) >= 11 is 0. The van der Waals surface area contributed by atoms with Crippen molar-refractivity contribution in [3.63, 3.8) is 0 Å². The molecule has 2 aliphatic carbocycles. The second kappa shape index (κ2) is 5.88. The molecule has 2 aliphatic rings. The van der Waals surface area contributed by atoms with Crippen molar-refractivity contribution >= 4 is 5.84 Å². The first-order valence-corrected chi connectivity index (χ1v) is 7.48. The summed E-state index contributed by atoms with van der Waals surface area (Å²) in [7, 11) is 0. The maximum Gasteiger partial charge on any atom is 0.0971 e. The van der Waals surface area contributed by atoms with E-state index in [1.54, 1.807) is 0 Å². The maximum atomic E-state index is 6.22. The Morgan fingerprint density at radius 2 is 1.53 bits per heavy atom. The lowest BCUT2D eigenvalue weighted by atomic mass is 9.80. The Kier molecular flexibility index (Phi) is 4.47. The normalized spacial score (nSPS) is 37.1. The Morgan fingerprint density at radius 1 is 0.941 bits per heavy atom. The average molecular weight is 236 g/mol. The summed E-state index contributed by atoms with van der Waals surface area (Å²) in [6.07, 6.45) is 10.5. The van der Waals surface area contributed by atoms with Gasteiger partial charge in [-0.3, -0.25) is 4.99 Å². The first-order valence-electron chi connectivity index (χ1n) is 7.48. The number of nitrogens with two attached hydrogens (primary N) is 1. The van der Waals surface area contributed by atoms with Gasteiger partial charge in [0, 0.05) is 5.92 Å². The maximum absolute atomic E-state index is 6.22. The smallest absolute Gasteiger partial charge is 0.0971 e. The Bertz CT molecular complexity index is 256. The number of hydrogen-bond donors (Lipinski definition) is 1. The Balaban J connectivity index is 1.92. The van der Waals surface area contributed by atoms with Crippen molar-refractivity contribution in [1.29, 1.82) is 0 Å². The summed E-state index contributed by atoms with van der Waals surface area (Å²) < 4.78 is 0. The number of nitrogens with zero attached hydrogens (tertiary/aromatic N) is 1. The molecule has 0 heterocycles. The van der Waals surface area contributed by atoms with E-state index < -0.39 is 0 Å². The van der Waals surface area contributed by atoms with Gasteiger partial charge in [0.05, 0.1) is 11.9 Å². The highest BCUT2D eigenvalue weighted by molar-refractivity contribution is 5.83. The zero-order valence-electron chi connectivity index (χ0n) is 11.5. The van der Waals surface area contributed by atoms with Crippen molar-refractivity contribution in [2.45, 2.75) is 71.3 Å². The van der Waals surface area contributed by atoms with Crippen molar-refractivity contribution in [1.82, 2.24) is 0 Å². The molecule has 0 bridgehead atoms. The molecule has 2 saturated carbocycles. The van der Waals surface area contributed by atoms with E-state index in [-0.39, 0.29) is 0 Å². The van der Waals surface area contributed by atoms with Crippen LogP contribution < -0.4 is 5.73 Å². The second-order valence-corrected chi connectivity index (χ2v) is 6.46. The summed E-state index contributed by atoms with van der Waals surface area (Å²) in [6, 6.07) is 0.510. The van der Waals surface area contributed by atoms with Crippen molar-refractivity contribution in [2.75, 3.05) is 0 Å². The van der Waals surface area contributed by atoms with Crippen LogP contribution in [0.1, 0.15) is 65.2 Å². The van der Waals surface area contributed by atoms with Crippen LogP contribution in [0.4, 0.5) is 0 Å². The van der Waals surface area contributed by atoms with Crippen LogP contribution >= 0.6 is 0 Å². The molecular weight excluding hydrogens is 208 g/mol. The summed E-state index contributed by atoms with van der Waals surface area (Å²) in [5, 5.41) is 0. The predicted molar refractivity (Wildman–Crippen MR) is 74.2 cm³/mol. The molecule has 2 heteroatoms. The third-order valence-electron chi connectivity index (χ3n) is 4.51. The van der Waals surface area contributed by atoms with Crippen LogP contribution in [0.3, 0.4) is 0 Å². The molecule has 2 atom stereocenters. The minimum absolute atomic E-state index is 0.510. The molecule has 0 amide bonds. The lowest BCUT2D eigenvalue weighted by Crippen LogP contribution is -2.30. The van der Waals surface area contributed by atoms with Crippen molar-refractivity contribution in [3.05, 3.63) is 0 Å². The first-order chi connectivity index (χ1) is 8.15. The molecule has 0 aromatic carbocycles. The van der Waals surface area contributed by atoms with E-state index >= 15 is 0 Å². The number of amidine groups is 1. The van der Waals surface area contributed by atoms with Gasteiger partial charge in [-0.2, -0.15) is 0 Å². The molecule has 0 radical (unpaired) electrons. The molecule has 2 unspecified atom stereocenters. The Labute approximate surface area is 106 Å². The van der Waals surface area contributed by atoms with Gasteiger partial charge in [0.25, 0.3) is 0 Å². The van der Waals surface area contributed by atoms with E-state index in [0.717, 1.165) is 17.7 Å². The quantitative estimate of drug-likeness (QED) is 0.575. The minimum Gasteiger partial charge on any atom is -0.387 e. The standard InChI is InChI=1S/C15H28N2/c1-11-8-12(2)10-14(9-11)17-15(16)13-6-4-3-5-7-13/h11-14H,3-10H2,1-2H3,(H2,16,17). The molecule has 0 spiro atoms.